The van der Waals surface area contributed by atoms with E-state index in [0.717, 1.165) is 12.6 Å². The van der Waals surface area contributed by atoms with Crippen molar-refractivity contribution in [2.24, 2.45) is 0 Å². The summed E-state index contributed by atoms with van der Waals surface area (Å²) in [7, 11) is 2.55. The van der Waals surface area contributed by atoms with Crippen molar-refractivity contribution in [3.8, 4) is 0 Å². The first-order valence-electron chi connectivity index (χ1n) is 1.75. The van der Waals surface area contributed by atoms with Crippen molar-refractivity contribution in [3.05, 3.63) is 0 Å². The van der Waals surface area contributed by atoms with Crippen LogP contribution in [-0.4, -0.2) is 11.0 Å². The zero-order valence-electron chi connectivity index (χ0n) is 3.32. The SMILES string of the molecule is PCCC(Cl)Cl. The minimum Gasteiger partial charge on any atom is -0.138 e. The molecule has 0 saturated carbocycles. The molecule has 0 nitrogen and oxygen atoms in total. The molecule has 1 unspecified atom stereocenters. The number of rotatable bonds is 2. The molecule has 0 aliphatic heterocycles. The average molecular weight is 145 g/mol. The van der Waals surface area contributed by atoms with E-state index in [1.54, 1.807) is 0 Å². The lowest BCUT2D eigenvalue weighted by Crippen LogP contribution is -1.84. The molecule has 0 fully saturated rings. The predicted molar refractivity (Wildman–Crippen MR) is 34.7 cm³/mol. The van der Waals surface area contributed by atoms with Crippen molar-refractivity contribution in [3.63, 3.8) is 0 Å². The van der Waals surface area contributed by atoms with Crippen molar-refractivity contribution in [1.82, 2.24) is 0 Å². The molecular formula is C3H7Cl2P. The summed E-state index contributed by atoms with van der Waals surface area (Å²) >= 11 is 10.7. The highest BCUT2D eigenvalue weighted by atomic mass is 35.5. The Labute approximate surface area is 50.4 Å². The number of hydrogen-bond donors (Lipinski definition) is 0. The summed E-state index contributed by atoms with van der Waals surface area (Å²) < 4.78 is 0. The van der Waals surface area contributed by atoms with Crippen LogP contribution in [-0.2, 0) is 0 Å². The second-order valence-electron chi connectivity index (χ2n) is 0.968. The molecule has 1 atom stereocenters. The summed E-state index contributed by atoms with van der Waals surface area (Å²) in [6.07, 6.45) is 1.85. The minimum absolute atomic E-state index is 0.178. The summed E-state index contributed by atoms with van der Waals surface area (Å²) in [4.78, 5) is -0.178. The van der Waals surface area contributed by atoms with Gasteiger partial charge in [-0.2, -0.15) is 0 Å². The van der Waals surface area contributed by atoms with Gasteiger partial charge in [-0.1, -0.05) is 0 Å². The Kier molecular flexibility index (Phi) is 4.88. The standard InChI is InChI=1S/C3H7Cl2P/c4-3(5)1-2-6/h3H,1-2,6H2. The van der Waals surface area contributed by atoms with Crippen LogP contribution >= 0.6 is 32.4 Å². The largest absolute Gasteiger partial charge is 0.138 e. The normalized spacial score (nSPS) is 10.0. The van der Waals surface area contributed by atoms with Crippen molar-refractivity contribution >= 4 is 32.4 Å². The predicted octanol–water partition coefficient (Wildman–Crippen LogP) is 2.06. The number of hydrogen-bond acceptors (Lipinski definition) is 0. The van der Waals surface area contributed by atoms with Crippen LogP contribution in [0.15, 0.2) is 0 Å². The fraction of sp³-hybridized carbons (Fsp3) is 1.00. The molecule has 0 spiro atoms. The molecule has 0 heterocycles. The molecule has 0 aromatic heterocycles. The van der Waals surface area contributed by atoms with E-state index in [0.29, 0.717) is 0 Å². The fourth-order valence-electron chi connectivity index (χ4n) is 0.126. The Balaban J connectivity index is 2.63. The maximum atomic E-state index is 5.33. The van der Waals surface area contributed by atoms with Crippen LogP contribution in [0, 0.1) is 0 Å². The summed E-state index contributed by atoms with van der Waals surface area (Å²) in [6, 6.07) is 0. The molecule has 0 bridgehead atoms. The van der Waals surface area contributed by atoms with Gasteiger partial charge in [0, 0.05) is 0 Å². The van der Waals surface area contributed by atoms with E-state index in [-0.39, 0.29) is 4.84 Å². The Hall–Kier alpha value is 1.01. The van der Waals surface area contributed by atoms with Crippen molar-refractivity contribution in [1.29, 1.82) is 0 Å². The summed E-state index contributed by atoms with van der Waals surface area (Å²) in [6.45, 7) is 0. The van der Waals surface area contributed by atoms with Gasteiger partial charge in [0.25, 0.3) is 0 Å². The van der Waals surface area contributed by atoms with Gasteiger partial charge in [0.2, 0.25) is 0 Å². The van der Waals surface area contributed by atoms with E-state index in [1.807, 2.05) is 0 Å². The van der Waals surface area contributed by atoms with E-state index in [2.05, 4.69) is 9.24 Å². The lowest BCUT2D eigenvalue weighted by molar-refractivity contribution is 1.06. The Bertz CT molecular complexity index is 30.0. The van der Waals surface area contributed by atoms with Crippen molar-refractivity contribution in [2.75, 3.05) is 6.16 Å². The molecular weight excluding hydrogens is 138 g/mol. The van der Waals surface area contributed by atoms with Crippen molar-refractivity contribution < 1.29 is 0 Å². The first-order chi connectivity index (χ1) is 2.77. The molecule has 0 aliphatic rings. The fourth-order valence-corrected chi connectivity index (χ4v) is 1.13. The van der Waals surface area contributed by atoms with Crippen molar-refractivity contribution in [2.45, 2.75) is 11.3 Å². The zero-order chi connectivity index (χ0) is 4.99. The van der Waals surface area contributed by atoms with E-state index in [1.165, 1.54) is 0 Å². The van der Waals surface area contributed by atoms with Gasteiger partial charge >= 0.3 is 0 Å². The molecule has 0 aliphatic carbocycles. The Morgan fingerprint density at radius 2 is 2.00 bits per heavy atom. The Morgan fingerprint density at radius 3 is 2.00 bits per heavy atom. The highest BCUT2D eigenvalue weighted by Crippen LogP contribution is 2.07. The van der Waals surface area contributed by atoms with Gasteiger partial charge in [-0.25, -0.2) is 0 Å². The second-order valence-corrected chi connectivity index (χ2v) is 2.82. The first kappa shape index (κ1) is 7.01. The maximum absolute atomic E-state index is 5.33. The van der Waals surface area contributed by atoms with Gasteiger partial charge in [0.1, 0.15) is 4.84 Å². The van der Waals surface area contributed by atoms with E-state index >= 15 is 0 Å². The van der Waals surface area contributed by atoms with Crippen LogP contribution in [0.4, 0.5) is 0 Å². The lowest BCUT2D eigenvalue weighted by Gasteiger charge is -1.90. The average Bonchev–Trinajstić information content (AvgIpc) is 1.35. The van der Waals surface area contributed by atoms with Crippen LogP contribution in [0.2, 0.25) is 0 Å². The van der Waals surface area contributed by atoms with E-state index < -0.39 is 0 Å². The third kappa shape index (κ3) is 5.01. The topological polar surface area (TPSA) is 0 Å². The van der Waals surface area contributed by atoms with Gasteiger partial charge in [-0.05, 0) is 12.6 Å². The molecule has 0 radical (unpaired) electrons. The Morgan fingerprint density at radius 1 is 1.50 bits per heavy atom. The van der Waals surface area contributed by atoms with E-state index in [9.17, 15) is 0 Å². The molecule has 0 aromatic carbocycles. The van der Waals surface area contributed by atoms with Crippen LogP contribution in [0.5, 0.6) is 0 Å². The summed E-state index contributed by atoms with van der Waals surface area (Å²) in [5, 5.41) is 0. The molecule has 0 N–H and O–H groups in total. The molecule has 0 rings (SSSR count). The first-order valence-corrected chi connectivity index (χ1v) is 3.44. The van der Waals surface area contributed by atoms with E-state index in [4.69, 9.17) is 23.2 Å². The molecule has 0 amide bonds. The highest BCUT2D eigenvalue weighted by Gasteiger charge is 1.91. The van der Waals surface area contributed by atoms with Crippen LogP contribution in [0.25, 0.3) is 0 Å². The van der Waals surface area contributed by atoms with Gasteiger partial charge in [-0.3, -0.25) is 0 Å². The molecule has 6 heavy (non-hydrogen) atoms. The maximum Gasteiger partial charge on any atom is 0.108 e. The smallest absolute Gasteiger partial charge is 0.108 e. The molecule has 3 heteroatoms. The molecule has 0 aromatic rings. The van der Waals surface area contributed by atoms with Crippen LogP contribution < -0.4 is 0 Å². The third-order valence-electron chi connectivity index (χ3n) is 0.385. The zero-order valence-corrected chi connectivity index (χ0v) is 5.99. The van der Waals surface area contributed by atoms with Gasteiger partial charge in [0.15, 0.2) is 0 Å². The molecule has 0 saturated heterocycles. The lowest BCUT2D eigenvalue weighted by atomic mass is 10.6. The summed E-state index contributed by atoms with van der Waals surface area (Å²) in [5.74, 6) is 0. The van der Waals surface area contributed by atoms with Crippen LogP contribution in [0.1, 0.15) is 6.42 Å². The quantitative estimate of drug-likeness (QED) is 0.412. The number of alkyl halides is 2. The minimum atomic E-state index is -0.178. The van der Waals surface area contributed by atoms with Gasteiger partial charge in [0.05, 0.1) is 0 Å². The van der Waals surface area contributed by atoms with Crippen LogP contribution in [0.3, 0.4) is 0 Å². The van der Waals surface area contributed by atoms with Gasteiger partial charge < -0.3 is 0 Å². The number of halogens is 2. The molecule has 38 valence electrons. The van der Waals surface area contributed by atoms with Gasteiger partial charge in [-0.15, -0.1) is 32.4 Å². The summed E-state index contributed by atoms with van der Waals surface area (Å²) in [5.41, 5.74) is 0. The monoisotopic (exact) mass is 144 g/mol. The highest BCUT2D eigenvalue weighted by molar-refractivity contribution is 7.16. The second kappa shape index (κ2) is 4.18. The third-order valence-corrected chi connectivity index (χ3v) is 1.15.